The van der Waals surface area contributed by atoms with E-state index in [2.05, 4.69) is 39.1 Å². The predicted octanol–water partition coefficient (Wildman–Crippen LogP) is 3.88. The lowest BCUT2D eigenvalue weighted by molar-refractivity contribution is 0.0382. The quantitative estimate of drug-likeness (QED) is 0.213. The number of rotatable bonds is 10. The summed E-state index contributed by atoms with van der Waals surface area (Å²) in [6.45, 7) is 12.0. The molecule has 40 heavy (non-hydrogen) atoms. The fourth-order valence-electron chi connectivity index (χ4n) is 4.68. The van der Waals surface area contributed by atoms with Crippen molar-refractivity contribution in [1.82, 2.24) is 34.7 Å². The first-order chi connectivity index (χ1) is 19.1. The van der Waals surface area contributed by atoms with Crippen LogP contribution in [-0.2, 0) is 10.3 Å². The standard InChI is InChI=1S/C27H32Cl2FN7O3/c1-17(23-19(28)4-5-20(30)24(23)29)40-37-22-7-6-21(33-25(22)34-26(37)38)18-14-32-36(15-18)27(2,3)16-31-8-9-35-10-12-39-13-11-35/h4-7,14-15,17,31H,8-13,16H2,1-3H3,(H,33,34,38). The fraction of sp³-hybridized carbons (Fsp3) is 0.444. The van der Waals surface area contributed by atoms with Crippen molar-refractivity contribution in [1.29, 1.82) is 0 Å². The van der Waals surface area contributed by atoms with Crippen LogP contribution in [0.2, 0.25) is 10.0 Å². The molecule has 1 saturated heterocycles. The van der Waals surface area contributed by atoms with Gasteiger partial charge in [-0.05, 0) is 45.0 Å². The molecular formula is C27H32Cl2FN7O3. The number of morpholine rings is 1. The van der Waals surface area contributed by atoms with Gasteiger partial charge in [0.1, 0.15) is 11.3 Å². The van der Waals surface area contributed by atoms with E-state index in [1.807, 2.05) is 10.9 Å². The Morgan fingerprint density at radius 2 is 2.00 bits per heavy atom. The van der Waals surface area contributed by atoms with Crippen LogP contribution in [-0.4, -0.2) is 75.3 Å². The number of aromatic amines is 1. The summed E-state index contributed by atoms with van der Waals surface area (Å²) in [5, 5.41) is 8.21. The van der Waals surface area contributed by atoms with E-state index in [0.29, 0.717) is 16.9 Å². The van der Waals surface area contributed by atoms with Gasteiger partial charge in [0.25, 0.3) is 0 Å². The molecule has 0 saturated carbocycles. The van der Waals surface area contributed by atoms with E-state index in [-0.39, 0.29) is 21.1 Å². The maximum Gasteiger partial charge on any atom is 0.360 e. The third-order valence-corrected chi connectivity index (χ3v) is 7.73. The molecule has 1 aromatic carbocycles. The number of benzene rings is 1. The molecule has 2 N–H and O–H groups in total. The Labute approximate surface area is 240 Å². The SMILES string of the molecule is CC(On1c(=O)[nH]c2nc(-c3cnn(C(C)(C)CNCCN4CCOCC4)c3)ccc21)c1c(Cl)ccc(F)c1Cl. The second-order valence-corrected chi connectivity index (χ2v) is 11.2. The Kier molecular flexibility index (Phi) is 8.48. The van der Waals surface area contributed by atoms with Crippen LogP contribution in [0.1, 0.15) is 32.4 Å². The minimum atomic E-state index is -0.810. The molecule has 0 amide bonds. The first-order valence-electron chi connectivity index (χ1n) is 13.1. The highest BCUT2D eigenvalue weighted by Gasteiger charge is 2.23. The van der Waals surface area contributed by atoms with Crippen molar-refractivity contribution >= 4 is 34.4 Å². The summed E-state index contributed by atoms with van der Waals surface area (Å²) in [4.78, 5) is 28.3. The smallest absolute Gasteiger partial charge is 0.360 e. The molecule has 13 heteroatoms. The molecular weight excluding hydrogens is 560 g/mol. The van der Waals surface area contributed by atoms with Crippen molar-refractivity contribution in [2.24, 2.45) is 0 Å². The molecule has 214 valence electrons. The summed E-state index contributed by atoms with van der Waals surface area (Å²) in [6.07, 6.45) is 2.89. The van der Waals surface area contributed by atoms with Crippen LogP contribution in [0.4, 0.5) is 4.39 Å². The average Bonchev–Trinajstić information content (AvgIpc) is 3.55. The molecule has 0 bridgehead atoms. The molecule has 3 aromatic heterocycles. The Balaban J connectivity index is 1.28. The molecule has 0 radical (unpaired) electrons. The molecule has 1 aliphatic heterocycles. The zero-order valence-electron chi connectivity index (χ0n) is 22.6. The van der Waals surface area contributed by atoms with Gasteiger partial charge in [-0.3, -0.25) is 14.6 Å². The lowest BCUT2D eigenvalue weighted by Gasteiger charge is -2.29. The third-order valence-electron chi connectivity index (χ3n) is 7.02. The lowest BCUT2D eigenvalue weighted by Crippen LogP contribution is -2.44. The molecule has 1 aliphatic rings. The van der Waals surface area contributed by atoms with Crippen LogP contribution in [0.25, 0.3) is 22.4 Å². The van der Waals surface area contributed by atoms with Gasteiger partial charge in [0.2, 0.25) is 0 Å². The van der Waals surface area contributed by atoms with E-state index in [4.69, 9.17) is 32.8 Å². The van der Waals surface area contributed by atoms with Gasteiger partial charge in [0.15, 0.2) is 11.8 Å². The minimum absolute atomic E-state index is 0.152. The molecule has 0 spiro atoms. The number of imidazole rings is 1. The van der Waals surface area contributed by atoms with Gasteiger partial charge in [0, 0.05) is 55.1 Å². The maximum absolute atomic E-state index is 14.0. The van der Waals surface area contributed by atoms with Gasteiger partial charge in [-0.2, -0.15) is 5.10 Å². The minimum Gasteiger partial charge on any atom is -0.401 e. The highest BCUT2D eigenvalue weighted by atomic mass is 35.5. The number of H-pyrrole nitrogens is 1. The van der Waals surface area contributed by atoms with Crippen molar-refractivity contribution in [3.8, 4) is 11.3 Å². The molecule has 1 atom stereocenters. The van der Waals surface area contributed by atoms with Crippen LogP contribution in [0.3, 0.4) is 0 Å². The van der Waals surface area contributed by atoms with Crippen LogP contribution in [0.15, 0.2) is 41.5 Å². The van der Waals surface area contributed by atoms with Gasteiger partial charge in [0.05, 0.1) is 35.7 Å². The molecule has 5 rings (SSSR count). The Morgan fingerprint density at radius 3 is 2.77 bits per heavy atom. The summed E-state index contributed by atoms with van der Waals surface area (Å²) in [5.74, 6) is -0.624. The zero-order valence-corrected chi connectivity index (χ0v) is 24.1. The molecule has 0 aliphatic carbocycles. The van der Waals surface area contributed by atoms with Crippen LogP contribution in [0.5, 0.6) is 0 Å². The fourth-order valence-corrected chi connectivity index (χ4v) is 5.36. The van der Waals surface area contributed by atoms with E-state index in [1.165, 1.54) is 12.1 Å². The molecule has 10 nitrogen and oxygen atoms in total. The number of nitrogens with zero attached hydrogens (tertiary/aromatic N) is 5. The van der Waals surface area contributed by atoms with Crippen molar-refractivity contribution < 1.29 is 14.0 Å². The summed E-state index contributed by atoms with van der Waals surface area (Å²) < 4.78 is 22.4. The summed E-state index contributed by atoms with van der Waals surface area (Å²) in [7, 11) is 0. The number of pyridine rings is 1. The van der Waals surface area contributed by atoms with Crippen LogP contribution >= 0.6 is 23.2 Å². The Hall–Kier alpha value is -2.96. The van der Waals surface area contributed by atoms with Crippen LogP contribution < -0.4 is 15.8 Å². The Morgan fingerprint density at radius 1 is 1.23 bits per heavy atom. The highest BCUT2D eigenvalue weighted by Crippen LogP contribution is 2.33. The van der Waals surface area contributed by atoms with Crippen molar-refractivity contribution in [3.63, 3.8) is 0 Å². The van der Waals surface area contributed by atoms with E-state index in [0.717, 1.165) is 56.2 Å². The normalized spacial score (nSPS) is 15.6. The van der Waals surface area contributed by atoms with Gasteiger partial charge < -0.3 is 14.9 Å². The summed E-state index contributed by atoms with van der Waals surface area (Å²) >= 11 is 12.3. The van der Waals surface area contributed by atoms with Gasteiger partial charge >= 0.3 is 5.69 Å². The van der Waals surface area contributed by atoms with Crippen molar-refractivity contribution in [2.75, 3.05) is 45.9 Å². The number of hydrogen-bond acceptors (Lipinski definition) is 7. The molecule has 4 aromatic rings. The molecule has 1 fully saturated rings. The second kappa shape index (κ2) is 11.9. The van der Waals surface area contributed by atoms with Crippen molar-refractivity contribution in [3.05, 3.63) is 68.6 Å². The molecule has 4 heterocycles. The highest BCUT2D eigenvalue weighted by molar-refractivity contribution is 6.36. The first kappa shape index (κ1) is 28.6. The van der Waals surface area contributed by atoms with Gasteiger partial charge in [-0.15, -0.1) is 4.73 Å². The van der Waals surface area contributed by atoms with E-state index in [1.54, 1.807) is 25.3 Å². The monoisotopic (exact) mass is 591 g/mol. The lowest BCUT2D eigenvalue weighted by atomic mass is 10.1. The van der Waals surface area contributed by atoms with E-state index >= 15 is 0 Å². The third kappa shape index (κ3) is 6.03. The number of fused-ring (bicyclic) bond motifs is 1. The number of ether oxygens (including phenoxy) is 1. The number of hydrogen-bond donors (Lipinski definition) is 2. The predicted molar refractivity (Wildman–Crippen MR) is 152 cm³/mol. The molecule has 1 unspecified atom stereocenters. The largest absolute Gasteiger partial charge is 0.401 e. The number of aromatic nitrogens is 5. The topological polar surface area (TPSA) is 102 Å². The average molecular weight is 593 g/mol. The number of halogens is 3. The second-order valence-electron chi connectivity index (χ2n) is 10.4. The van der Waals surface area contributed by atoms with Gasteiger partial charge in [-0.1, -0.05) is 23.2 Å². The van der Waals surface area contributed by atoms with Gasteiger partial charge in [-0.25, -0.2) is 14.2 Å². The summed E-state index contributed by atoms with van der Waals surface area (Å²) in [5.41, 5.74) is 1.66. The zero-order chi connectivity index (χ0) is 28.4. The maximum atomic E-state index is 14.0. The van der Waals surface area contributed by atoms with E-state index in [9.17, 15) is 9.18 Å². The summed E-state index contributed by atoms with van der Waals surface area (Å²) in [6, 6.07) is 6.09. The first-order valence-corrected chi connectivity index (χ1v) is 13.9. The Bertz CT molecular complexity index is 1540. The van der Waals surface area contributed by atoms with E-state index < -0.39 is 17.6 Å². The van der Waals surface area contributed by atoms with Crippen LogP contribution in [0, 0.1) is 5.82 Å². The van der Waals surface area contributed by atoms with Crippen molar-refractivity contribution in [2.45, 2.75) is 32.4 Å². The number of nitrogens with one attached hydrogen (secondary N) is 2.